The summed E-state index contributed by atoms with van der Waals surface area (Å²) in [7, 11) is 1.58. The molecule has 9 heteroatoms. The maximum Gasteiger partial charge on any atom is 0.254 e. The number of aryl methyl sites for hydroxylation is 1. The lowest BCUT2D eigenvalue weighted by Gasteiger charge is -2.37. The van der Waals surface area contributed by atoms with Crippen molar-refractivity contribution in [1.82, 2.24) is 9.80 Å². The number of ether oxygens (including phenoxy) is 4. The maximum absolute atomic E-state index is 13.7. The van der Waals surface area contributed by atoms with Gasteiger partial charge in [0, 0.05) is 30.6 Å². The Kier molecular flexibility index (Phi) is 7.62. The van der Waals surface area contributed by atoms with Crippen LogP contribution in [0.2, 0.25) is 0 Å². The van der Waals surface area contributed by atoms with Gasteiger partial charge in [0.05, 0.1) is 12.6 Å². The highest BCUT2D eigenvalue weighted by Gasteiger charge is 2.34. The van der Waals surface area contributed by atoms with Crippen LogP contribution in [-0.2, 0) is 16.0 Å². The number of fused-ring (bicyclic) bond motifs is 2. The van der Waals surface area contributed by atoms with E-state index in [4.69, 9.17) is 18.9 Å². The van der Waals surface area contributed by atoms with Crippen molar-refractivity contribution in [3.05, 3.63) is 75.5 Å². The number of methoxy groups -OCH3 is 1. The van der Waals surface area contributed by atoms with E-state index in [0.717, 1.165) is 23.3 Å². The summed E-state index contributed by atoms with van der Waals surface area (Å²) in [5, 5.41) is 2.06. The number of amides is 2. The van der Waals surface area contributed by atoms with Gasteiger partial charge in [0.15, 0.2) is 11.5 Å². The average molecular weight is 523 g/mol. The van der Waals surface area contributed by atoms with Gasteiger partial charge in [-0.2, -0.15) is 0 Å². The SMILES string of the molecule is COCCN(CC(=O)N1CCc2sccc2[C@H]1COc1ccc(C)cc1)C(=O)c1ccc2c(c1)OCO2. The van der Waals surface area contributed by atoms with Gasteiger partial charge in [0.1, 0.15) is 18.9 Å². The van der Waals surface area contributed by atoms with E-state index in [1.807, 2.05) is 36.1 Å². The van der Waals surface area contributed by atoms with E-state index in [1.54, 1.807) is 36.6 Å². The number of carbonyl (C=O) groups excluding carboxylic acids is 2. The summed E-state index contributed by atoms with van der Waals surface area (Å²) in [6.07, 6.45) is 0.786. The first-order valence-electron chi connectivity index (χ1n) is 12.3. The van der Waals surface area contributed by atoms with E-state index in [9.17, 15) is 9.59 Å². The van der Waals surface area contributed by atoms with Crippen molar-refractivity contribution in [3.63, 3.8) is 0 Å². The van der Waals surface area contributed by atoms with E-state index >= 15 is 0 Å². The van der Waals surface area contributed by atoms with Gasteiger partial charge in [-0.1, -0.05) is 17.7 Å². The summed E-state index contributed by atoms with van der Waals surface area (Å²) in [6.45, 7) is 3.62. The summed E-state index contributed by atoms with van der Waals surface area (Å²) < 4.78 is 22.1. The smallest absolute Gasteiger partial charge is 0.254 e. The molecule has 3 aromatic rings. The zero-order chi connectivity index (χ0) is 25.8. The van der Waals surface area contributed by atoms with Crippen LogP contribution in [0.4, 0.5) is 0 Å². The second-order valence-corrected chi connectivity index (χ2v) is 10.1. The Balaban J connectivity index is 1.33. The predicted octanol–water partition coefficient (Wildman–Crippen LogP) is 4.08. The fourth-order valence-electron chi connectivity index (χ4n) is 4.60. The van der Waals surface area contributed by atoms with Crippen LogP contribution >= 0.6 is 11.3 Å². The Morgan fingerprint density at radius 2 is 1.92 bits per heavy atom. The molecule has 2 aliphatic rings. The topological polar surface area (TPSA) is 77.5 Å². The van der Waals surface area contributed by atoms with Gasteiger partial charge in [0.2, 0.25) is 12.7 Å². The van der Waals surface area contributed by atoms with Crippen LogP contribution in [0, 0.1) is 6.92 Å². The van der Waals surface area contributed by atoms with Gasteiger partial charge < -0.3 is 28.7 Å². The fourth-order valence-corrected chi connectivity index (χ4v) is 5.53. The van der Waals surface area contributed by atoms with Gasteiger partial charge in [0.25, 0.3) is 5.91 Å². The zero-order valence-electron chi connectivity index (χ0n) is 21.0. The molecule has 0 unspecified atom stereocenters. The van der Waals surface area contributed by atoms with Crippen LogP contribution in [0.3, 0.4) is 0 Å². The van der Waals surface area contributed by atoms with Crippen LogP contribution in [0.25, 0.3) is 0 Å². The minimum Gasteiger partial charge on any atom is -0.491 e. The third kappa shape index (κ3) is 5.57. The van der Waals surface area contributed by atoms with E-state index in [2.05, 4.69) is 11.4 Å². The molecular weight excluding hydrogens is 492 g/mol. The lowest BCUT2D eigenvalue weighted by atomic mass is 10.0. The predicted molar refractivity (Wildman–Crippen MR) is 139 cm³/mol. The molecular formula is C28H30N2O6S. The van der Waals surface area contributed by atoms with E-state index in [0.29, 0.717) is 36.8 Å². The number of hydrogen-bond donors (Lipinski definition) is 0. The summed E-state index contributed by atoms with van der Waals surface area (Å²) in [5.74, 6) is 1.51. The third-order valence-electron chi connectivity index (χ3n) is 6.64. The molecule has 0 aliphatic carbocycles. The summed E-state index contributed by atoms with van der Waals surface area (Å²) in [6, 6.07) is 14.8. The molecule has 3 heterocycles. The maximum atomic E-state index is 13.7. The van der Waals surface area contributed by atoms with Crippen molar-refractivity contribution >= 4 is 23.2 Å². The molecule has 2 amide bonds. The van der Waals surface area contributed by atoms with Gasteiger partial charge in [-0.25, -0.2) is 0 Å². The van der Waals surface area contributed by atoms with Crippen LogP contribution in [0.5, 0.6) is 17.2 Å². The molecule has 2 aliphatic heterocycles. The molecule has 8 nitrogen and oxygen atoms in total. The number of nitrogens with zero attached hydrogens (tertiary/aromatic N) is 2. The molecule has 194 valence electrons. The first kappa shape index (κ1) is 25.1. The minimum atomic E-state index is -0.260. The molecule has 1 aromatic heterocycles. The summed E-state index contributed by atoms with van der Waals surface area (Å²) in [5.41, 5.74) is 2.71. The summed E-state index contributed by atoms with van der Waals surface area (Å²) in [4.78, 5) is 31.8. The van der Waals surface area contributed by atoms with E-state index < -0.39 is 0 Å². The van der Waals surface area contributed by atoms with Crippen molar-refractivity contribution in [2.75, 3.05) is 46.8 Å². The average Bonchev–Trinajstić information content (AvgIpc) is 3.59. The van der Waals surface area contributed by atoms with Crippen LogP contribution in [-0.4, -0.2) is 68.4 Å². The molecule has 0 spiro atoms. The summed E-state index contributed by atoms with van der Waals surface area (Å²) >= 11 is 1.71. The fraction of sp³-hybridized carbons (Fsp3) is 0.357. The van der Waals surface area contributed by atoms with Gasteiger partial charge in [-0.15, -0.1) is 11.3 Å². The Bertz CT molecular complexity index is 1260. The highest BCUT2D eigenvalue weighted by Crippen LogP contribution is 2.35. The number of benzene rings is 2. The number of hydrogen-bond acceptors (Lipinski definition) is 7. The molecule has 37 heavy (non-hydrogen) atoms. The van der Waals surface area contributed by atoms with Crippen LogP contribution in [0.1, 0.15) is 32.4 Å². The minimum absolute atomic E-state index is 0.0584. The molecule has 0 N–H and O–H groups in total. The van der Waals surface area contributed by atoms with E-state index in [1.165, 1.54) is 9.78 Å². The monoisotopic (exact) mass is 522 g/mol. The van der Waals surface area contributed by atoms with E-state index in [-0.39, 0.29) is 37.7 Å². The molecule has 1 atom stereocenters. The van der Waals surface area contributed by atoms with Gasteiger partial charge in [-0.3, -0.25) is 9.59 Å². The number of carbonyl (C=O) groups is 2. The second kappa shape index (κ2) is 11.2. The van der Waals surface area contributed by atoms with Crippen molar-refractivity contribution in [2.45, 2.75) is 19.4 Å². The Labute approximate surface area is 220 Å². The van der Waals surface area contributed by atoms with Crippen LogP contribution in [0.15, 0.2) is 53.9 Å². The molecule has 2 aromatic carbocycles. The molecule has 0 saturated carbocycles. The highest BCUT2D eigenvalue weighted by atomic mass is 32.1. The highest BCUT2D eigenvalue weighted by molar-refractivity contribution is 7.10. The zero-order valence-corrected chi connectivity index (χ0v) is 21.8. The van der Waals surface area contributed by atoms with Crippen molar-refractivity contribution < 1.29 is 28.5 Å². The van der Waals surface area contributed by atoms with Crippen molar-refractivity contribution in [1.29, 1.82) is 0 Å². The molecule has 0 radical (unpaired) electrons. The Morgan fingerprint density at radius 1 is 1.11 bits per heavy atom. The number of rotatable bonds is 9. The molecule has 0 saturated heterocycles. The first-order valence-corrected chi connectivity index (χ1v) is 13.1. The van der Waals surface area contributed by atoms with Gasteiger partial charge >= 0.3 is 0 Å². The van der Waals surface area contributed by atoms with Crippen molar-refractivity contribution in [3.8, 4) is 17.2 Å². The van der Waals surface area contributed by atoms with Gasteiger partial charge in [-0.05, 0) is 60.7 Å². The Morgan fingerprint density at radius 3 is 2.73 bits per heavy atom. The quantitative estimate of drug-likeness (QED) is 0.422. The molecule has 0 bridgehead atoms. The molecule has 5 rings (SSSR count). The normalized spacial score (nSPS) is 15.8. The standard InChI is InChI=1S/C28H30N2O6S/c1-19-3-6-21(7-4-19)34-17-23-22-10-14-37-26(22)9-11-30(23)27(31)16-29(12-13-33-2)28(32)20-5-8-24-25(15-20)36-18-35-24/h3-8,10,14-15,23H,9,11-13,16-18H2,1-2H3/t23-/m1/s1. The van der Waals surface area contributed by atoms with Crippen molar-refractivity contribution in [2.24, 2.45) is 0 Å². The largest absolute Gasteiger partial charge is 0.491 e. The Hall–Kier alpha value is -3.56. The third-order valence-corrected chi connectivity index (χ3v) is 7.64. The first-order chi connectivity index (χ1) is 18.0. The number of thiophene rings is 1. The van der Waals surface area contributed by atoms with Crippen LogP contribution < -0.4 is 14.2 Å². The lowest BCUT2D eigenvalue weighted by Crippen LogP contribution is -2.48. The lowest BCUT2D eigenvalue weighted by molar-refractivity contribution is -0.135. The second-order valence-electron chi connectivity index (χ2n) is 9.06. The molecule has 0 fully saturated rings.